The Bertz CT molecular complexity index is 502. The molecule has 1 unspecified atom stereocenters. The minimum Gasteiger partial charge on any atom is -0.123 e. The second kappa shape index (κ2) is 6.24. The summed E-state index contributed by atoms with van der Waals surface area (Å²) in [7, 11) is 0. The van der Waals surface area contributed by atoms with Gasteiger partial charge in [0.25, 0.3) is 0 Å². The van der Waals surface area contributed by atoms with Gasteiger partial charge in [-0.25, -0.2) is 0 Å². The minimum absolute atomic E-state index is 0.258. The summed E-state index contributed by atoms with van der Waals surface area (Å²) >= 11 is 6.41. The van der Waals surface area contributed by atoms with E-state index in [0.717, 1.165) is 18.8 Å². The number of alkyl halides is 1. The van der Waals surface area contributed by atoms with Gasteiger partial charge in [0.1, 0.15) is 0 Å². The van der Waals surface area contributed by atoms with Crippen LogP contribution >= 0.6 is 11.6 Å². The fourth-order valence-electron chi connectivity index (χ4n) is 2.24. The zero-order valence-corrected chi connectivity index (χ0v) is 12.0. The van der Waals surface area contributed by atoms with Gasteiger partial charge in [-0.15, -0.1) is 11.6 Å². The topological polar surface area (TPSA) is 0 Å². The second-order valence-corrected chi connectivity index (χ2v) is 6.07. The second-order valence-electron chi connectivity index (χ2n) is 5.45. The van der Waals surface area contributed by atoms with E-state index in [9.17, 15) is 0 Å². The summed E-state index contributed by atoms with van der Waals surface area (Å²) in [5, 5.41) is 2.87. The fraction of sp³-hybridized carbons (Fsp3) is 0.412. The summed E-state index contributed by atoms with van der Waals surface area (Å²) in [6.45, 7) is 4.50. The summed E-state index contributed by atoms with van der Waals surface area (Å²) < 4.78 is 0. The summed E-state index contributed by atoms with van der Waals surface area (Å²) in [4.78, 5) is 0. The number of rotatable bonds is 5. The minimum atomic E-state index is 0.258. The summed E-state index contributed by atoms with van der Waals surface area (Å²) in [6, 6.07) is 15.1. The first-order valence-corrected chi connectivity index (χ1v) is 7.20. The highest BCUT2D eigenvalue weighted by Crippen LogP contribution is 2.20. The van der Waals surface area contributed by atoms with Gasteiger partial charge in [-0.05, 0) is 41.5 Å². The number of hydrogen-bond donors (Lipinski definition) is 0. The summed E-state index contributed by atoms with van der Waals surface area (Å²) in [5.41, 5.74) is 1.34. The van der Waals surface area contributed by atoms with Gasteiger partial charge in [0.2, 0.25) is 0 Å². The quantitative estimate of drug-likeness (QED) is 0.629. The van der Waals surface area contributed by atoms with Crippen LogP contribution in [0.5, 0.6) is 0 Å². The highest BCUT2D eigenvalue weighted by molar-refractivity contribution is 6.20. The lowest BCUT2D eigenvalue weighted by Crippen LogP contribution is -2.05. The molecule has 2 aromatic rings. The van der Waals surface area contributed by atoms with Crippen LogP contribution in [-0.4, -0.2) is 5.38 Å². The van der Waals surface area contributed by atoms with Crippen LogP contribution in [0, 0.1) is 5.92 Å². The van der Waals surface area contributed by atoms with E-state index in [2.05, 4.69) is 56.3 Å². The van der Waals surface area contributed by atoms with Crippen molar-refractivity contribution in [2.24, 2.45) is 5.92 Å². The molecule has 18 heavy (non-hydrogen) atoms. The molecule has 0 bridgehead atoms. The SMILES string of the molecule is CC(C)CCC(Cl)Cc1ccc2ccccc2c1. The molecule has 1 heteroatoms. The Morgan fingerprint density at radius 3 is 2.39 bits per heavy atom. The summed E-state index contributed by atoms with van der Waals surface area (Å²) in [5.74, 6) is 0.739. The third-order valence-electron chi connectivity index (χ3n) is 3.33. The molecule has 0 saturated carbocycles. The van der Waals surface area contributed by atoms with Gasteiger partial charge >= 0.3 is 0 Å². The van der Waals surface area contributed by atoms with Gasteiger partial charge in [-0.2, -0.15) is 0 Å². The Hall–Kier alpha value is -1.01. The van der Waals surface area contributed by atoms with E-state index in [-0.39, 0.29) is 5.38 Å². The number of halogens is 1. The first-order valence-electron chi connectivity index (χ1n) is 6.77. The van der Waals surface area contributed by atoms with Crippen LogP contribution in [0.4, 0.5) is 0 Å². The maximum Gasteiger partial charge on any atom is 0.0376 e. The lowest BCUT2D eigenvalue weighted by molar-refractivity contribution is 0.542. The smallest absolute Gasteiger partial charge is 0.0376 e. The molecule has 2 aromatic carbocycles. The standard InChI is InChI=1S/C17H21Cl/c1-13(2)7-10-17(18)12-14-8-9-15-5-3-4-6-16(15)11-14/h3-6,8-9,11,13,17H,7,10,12H2,1-2H3. The monoisotopic (exact) mass is 260 g/mol. The van der Waals surface area contributed by atoms with E-state index >= 15 is 0 Å². The van der Waals surface area contributed by atoms with Gasteiger partial charge in [0, 0.05) is 5.38 Å². The number of hydrogen-bond acceptors (Lipinski definition) is 0. The van der Waals surface area contributed by atoms with Crippen LogP contribution < -0.4 is 0 Å². The molecule has 0 aromatic heterocycles. The Labute approximate surface area is 115 Å². The van der Waals surface area contributed by atoms with Crippen molar-refractivity contribution in [2.75, 3.05) is 0 Å². The largest absolute Gasteiger partial charge is 0.123 e. The first-order chi connectivity index (χ1) is 8.65. The Kier molecular flexibility index (Phi) is 4.66. The predicted molar refractivity (Wildman–Crippen MR) is 81.4 cm³/mol. The van der Waals surface area contributed by atoms with Crippen LogP contribution in [0.2, 0.25) is 0 Å². The van der Waals surface area contributed by atoms with Gasteiger partial charge < -0.3 is 0 Å². The predicted octanol–water partition coefficient (Wildman–Crippen LogP) is 5.43. The zero-order chi connectivity index (χ0) is 13.0. The molecule has 1 atom stereocenters. The average molecular weight is 261 g/mol. The van der Waals surface area contributed by atoms with E-state index in [1.165, 1.54) is 22.8 Å². The molecule has 96 valence electrons. The third kappa shape index (κ3) is 3.74. The van der Waals surface area contributed by atoms with Crippen molar-refractivity contribution in [3.8, 4) is 0 Å². The molecule has 0 aliphatic rings. The maximum atomic E-state index is 6.41. The van der Waals surface area contributed by atoms with Gasteiger partial charge in [0.05, 0.1) is 0 Å². The molecule has 0 aliphatic heterocycles. The van der Waals surface area contributed by atoms with Crippen molar-refractivity contribution in [3.05, 3.63) is 48.0 Å². The van der Waals surface area contributed by atoms with Crippen LogP contribution in [0.1, 0.15) is 32.3 Å². The van der Waals surface area contributed by atoms with Crippen molar-refractivity contribution in [2.45, 2.75) is 38.5 Å². The van der Waals surface area contributed by atoms with Crippen LogP contribution in [-0.2, 0) is 6.42 Å². The molecule has 0 N–H and O–H groups in total. The molecule has 0 amide bonds. The molecule has 0 saturated heterocycles. The first kappa shape index (κ1) is 13.4. The molecule has 0 heterocycles. The Balaban J connectivity index is 2.03. The molecule has 0 spiro atoms. The highest BCUT2D eigenvalue weighted by Gasteiger charge is 2.07. The maximum absolute atomic E-state index is 6.41. The lowest BCUT2D eigenvalue weighted by Gasteiger charge is -2.11. The number of fused-ring (bicyclic) bond motifs is 1. The molecule has 0 radical (unpaired) electrons. The van der Waals surface area contributed by atoms with Crippen molar-refractivity contribution in [3.63, 3.8) is 0 Å². The van der Waals surface area contributed by atoms with Crippen molar-refractivity contribution < 1.29 is 0 Å². The zero-order valence-electron chi connectivity index (χ0n) is 11.2. The lowest BCUT2D eigenvalue weighted by atomic mass is 10.00. The van der Waals surface area contributed by atoms with Crippen LogP contribution in [0.25, 0.3) is 10.8 Å². The van der Waals surface area contributed by atoms with Crippen LogP contribution in [0.3, 0.4) is 0 Å². The average Bonchev–Trinajstić information content (AvgIpc) is 2.36. The van der Waals surface area contributed by atoms with E-state index in [1.807, 2.05) is 0 Å². The van der Waals surface area contributed by atoms with Gasteiger partial charge in [0.15, 0.2) is 0 Å². The van der Waals surface area contributed by atoms with E-state index in [4.69, 9.17) is 11.6 Å². The fourth-order valence-corrected chi connectivity index (χ4v) is 2.54. The van der Waals surface area contributed by atoms with Crippen molar-refractivity contribution in [1.82, 2.24) is 0 Å². The molecular formula is C17H21Cl. The molecule has 0 fully saturated rings. The Morgan fingerprint density at radius 2 is 1.67 bits per heavy atom. The van der Waals surface area contributed by atoms with E-state index < -0.39 is 0 Å². The summed E-state index contributed by atoms with van der Waals surface area (Å²) in [6.07, 6.45) is 3.28. The highest BCUT2D eigenvalue weighted by atomic mass is 35.5. The number of benzene rings is 2. The normalized spacial score (nSPS) is 13.1. The molecule has 2 rings (SSSR count). The van der Waals surface area contributed by atoms with Crippen LogP contribution in [0.15, 0.2) is 42.5 Å². The van der Waals surface area contributed by atoms with Gasteiger partial charge in [-0.1, -0.05) is 56.3 Å². The van der Waals surface area contributed by atoms with E-state index in [1.54, 1.807) is 0 Å². The Morgan fingerprint density at radius 1 is 0.944 bits per heavy atom. The van der Waals surface area contributed by atoms with Crippen molar-refractivity contribution >= 4 is 22.4 Å². The molecular weight excluding hydrogens is 240 g/mol. The molecule has 0 nitrogen and oxygen atoms in total. The van der Waals surface area contributed by atoms with Crippen molar-refractivity contribution in [1.29, 1.82) is 0 Å². The third-order valence-corrected chi connectivity index (χ3v) is 3.70. The molecule has 0 aliphatic carbocycles. The van der Waals surface area contributed by atoms with Gasteiger partial charge in [-0.3, -0.25) is 0 Å². The van der Waals surface area contributed by atoms with E-state index in [0.29, 0.717) is 0 Å².